The molecule has 0 bridgehead atoms. The monoisotopic (exact) mass is 824 g/mol. The van der Waals surface area contributed by atoms with Crippen LogP contribution in [0.1, 0.15) is 162 Å². The average Bonchev–Trinajstić information content (AvgIpc) is 3.16. The number of hydrogen-bond acceptors (Lipinski definition) is 9. The van der Waals surface area contributed by atoms with Crippen molar-refractivity contribution >= 4 is 19.8 Å². The number of carbonyl (C=O) groups excluding carboxylic acids is 2. The molecule has 10 nitrogen and oxygen atoms in total. The zero-order chi connectivity index (χ0) is 42.3. The van der Waals surface area contributed by atoms with Crippen LogP contribution in [-0.4, -0.2) is 81.2 Å². The maximum atomic E-state index is 12.6. The smallest absolute Gasteiger partial charge is 0.306 e. The molecule has 0 radical (unpaired) electrons. The number of ether oxygens (including phenoxy) is 2. The lowest BCUT2D eigenvalue weighted by molar-refractivity contribution is -0.870. The van der Waals surface area contributed by atoms with Gasteiger partial charge in [0.25, 0.3) is 7.82 Å². The minimum absolute atomic E-state index is 0.0520. The zero-order valence-electron chi connectivity index (χ0n) is 36.6. The molecular formula is C46H82NO9P. The van der Waals surface area contributed by atoms with E-state index in [1.54, 1.807) is 0 Å². The van der Waals surface area contributed by atoms with E-state index in [1.165, 1.54) is 44.9 Å². The van der Waals surface area contributed by atoms with E-state index in [0.717, 1.165) is 70.6 Å². The molecule has 0 aromatic carbocycles. The van der Waals surface area contributed by atoms with Gasteiger partial charge in [-0.3, -0.25) is 14.2 Å². The second-order valence-electron chi connectivity index (χ2n) is 15.9. The van der Waals surface area contributed by atoms with Gasteiger partial charge in [0.15, 0.2) is 6.10 Å². The summed E-state index contributed by atoms with van der Waals surface area (Å²) in [6.45, 7) is 3.96. The predicted octanol–water partition coefficient (Wildman–Crippen LogP) is 10.8. The van der Waals surface area contributed by atoms with Crippen LogP contribution in [0.2, 0.25) is 0 Å². The van der Waals surface area contributed by atoms with Gasteiger partial charge < -0.3 is 33.0 Å². The summed E-state index contributed by atoms with van der Waals surface area (Å²) in [5.74, 6) is -0.937. The summed E-state index contributed by atoms with van der Waals surface area (Å²) in [6, 6.07) is 0. The van der Waals surface area contributed by atoms with E-state index in [-0.39, 0.29) is 32.2 Å². The first kappa shape index (κ1) is 54.7. The number of esters is 2. The summed E-state index contributed by atoms with van der Waals surface area (Å²) in [7, 11) is 1.09. The van der Waals surface area contributed by atoms with E-state index in [4.69, 9.17) is 18.5 Å². The largest absolute Gasteiger partial charge is 0.756 e. The second kappa shape index (κ2) is 37.9. The molecule has 0 rings (SSSR count). The summed E-state index contributed by atoms with van der Waals surface area (Å²) in [5.41, 5.74) is 0. The first-order valence-electron chi connectivity index (χ1n) is 22.1. The predicted molar refractivity (Wildman–Crippen MR) is 232 cm³/mol. The van der Waals surface area contributed by atoms with Crippen molar-refractivity contribution in [2.75, 3.05) is 47.5 Å². The standard InChI is InChI=1S/C46H82NO9P/c1-6-8-10-11-12-13-14-15-16-17-21-24-27-30-33-37-45(49)53-41-44(42-55-57(51,52)54-40-39-47(3,4)5)56-46(50)38-34-31-28-25-22-19-18-20-23-26-29-32-36-43(48)35-9-7-2/h15-16,18-19,23,25-26,28,32,36,43-44,48H,6-14,17,20-22,24,27,29-31,33-35,37-42H2,1-5H3/b16-15-,19-18-,26-23-,28-25-,36-32-/t43-,44-/m1/s1. The molecule has 0 aliphatic rings. The van der Waals surface area contributed by atoms with Crippen LogP contribution < -0.4 is 4.89 Å². The Morgan fingerprint density at radius 1 is 0.632 bits per heavy atom. The van der Waals surface area contributed by atoms with Gasteiger partial charge >= 0.3 is 11.9 Å². The van der Waals surface area contributed by atoms with Crippen LogP contribution in [0.25, 0.3) is 0 Å². The molecule has 0 heterocycles. The van der Waals surface area contributed by atoms with Crippen molar-refractivity contribution in [1.82, 2.24) is 0 Å². The van der Waals surface area contributed by atoms with Crippen LogP contribution >= 0.6 is 7.82 Å². The number of rotatable bonds is 39. The van der Waals surface area contributed by atoms with Crippen molar-refractivity contribution in [3.05, 3.63) is 60.8 Å². The molecule has 0 spiro atoms. The highest BCUT2D eigenvalue weighted by Crippen LogP contribution is 2.38. The van der Waals surface area contributed by atoms with Gasteiger partial charge in [0.05, 0.1) is 33.9 Å². The van der Waals surface area contributed by atoms with Crippen molar-refractivity contribution < 1.29 is 47.2 Å². The van der Waals surface area contributed by atoms with E-state index < -0.39 is 32.5 Å². The van der Waals surface area contributed by atoms with Gasteiger partial charge in [-0.05, 0) is 70.6 Å². The number of nitrogens with zero attached hydrogens (tertiary/aromatic N) is 1. The lowest BCUT2D eigenvalue weighted by Gasteiger charge is -2.28. The number of aliphatic hydroxyl groups excluding tert-OH is 1. The number of quaternary nitrogens is 1. The topological polar surface area (TPSA) is 131 Å². The maximum Gasteiger partial charge on any atom is 0.306 e. The summed E-state index contributed by atoms with van der Waals surface area (Å²) in [5, 5.41) is 9.82. The molecule has 57 heavy (non-hydrogen) atoms. The van der Waals surface area contributed by atoms with Crippen LogP contribution in [-0.2, 0) is 32.7 Å². The molecule has 0 aromatic rings. The molecule has 330 valence electrons. The van der Waals surface area contributed by atoms with Gasteiger partial charge in [-0.15, -0.1) is 0 Å². The molecule has 0 saturated carbocycles. The first-order chi connectivity index (χ1) is 27.4. The van der Waals surface area contributed by atoms with Crippen LogP contribution in [0.4, 0.5) is 0 Å². The molecule has 0 aliphatic heterocycles. The number of likely N-dealkylation sites (N-methyl/N-ethyl adjacent to an activating group) is 1. The van der Waals surface area contributed by atoms with Gasteiger partial charge in [-0.1, -0.05) is 139 Å². The highest BCUT2D eigenvalue weighted by atomic mass is 31.2. The van der Waals surface area contributed by atoms with Crippen molar-refractivity contribution in [3.8, 4) is 0 Å². The lowest BCUT2D eigenvalue weighted by Crippen LogP contribution is -2.37. The van der Waals surface area contributed by atoms with E-state index in [0.29, 0.717) is 30.3 Å². The Bertz CT molecular complexity index is 1170. The zero-order valence-corrected chi connectivity index (χ0v) is 37.5. The number of phosphoric acid groups is 1. The van der Waals surface area contributed by atoms with Crippen molar-refractivity contribution in [1.29, 1.82) is 0 Å². The fraction of sp³-hybridized carbons (Fsp3) is 0.739. The van der Waals surface area contributed by atoms with Crippen molar-refractivity contribution in [2.45, 2.75) is 174 Å². The molecule has 0 amide bonds. The Balaban J connectivity index is 4.51. The third-order valence-corrected chi connectivity index (χ3v) is 10.0. The molecule has 0 saturated heterocycles. The lowest BCUT2D eigenvalue weighted by atomic mass is 10.1. The number of carbonyl (C=O) groups is 2. The van der Waals surface area contributed by atoms with Crippen LogP contribution in [0, 0.1) is 0 Å². The normalized spacial score (nSPS) is 14.7. The van der Waals surface area contributed by atoms with Crippen molar-refractivity contribution in [2.24, 2.45) is 0 Å². The molecule has 11 heteroatoms. The van der Waals surface area contributed by atoms with Crippen LogP contribution in [0.5, 0.6) is 0 Å². The number of unbranched alkanes of at least 4 members (excludes halogenated alkanes) is 13. The third-order valence-electron chi connectivity index (χ3n) is 9.08. The molecule has 0 aliphatic carbocycles. The van der Waals surface area contributed by atoms with E-state index in [1.807, 2.05) is 45.4 Å². The first-order valence-corrected chi connectivity index (χ1v) is 23.5. The van der Waals surface area contributed by atoms with E-state index in [9.17, 15) is 24.2 Å². The minimum Gasteiger partial charge on any atom is -0.756 e. The van der Waals surface area contributed by atoms with E-state index in [2.05, 4.69) is 50.3 Å². The maximum absolute atomic E-state index is 12.6. The number of hydrogen-bond donors (Lipinski definition) is 1. The van der Waals surface area contributed by atoms with Gasteiger partial charge in [-0.25, -0.2) is 0 Å². The van der Waals surface area contributed by atoms with Gasteiger partial charge in [0.2, 0.25) is 0 Å². The van der Waals surface area contributed by atoms with E-state index >= 15 is 0 Å². The quantitative estimate of drug-likeness (QED) is 0.0212. The minimum atomic E-state index is -4.65. The molecule has 3 atom stereocenters. The fourth-order valence-electron chi connectivity index (χ4n) is 5.54. The summed E-state index contributed by atoms with van der Waals surface area (Å²) < 4.78 is 33.8. The summed E-state index contributed by atoms with van der Waals surface area (Å²) in [4.78, 5) is 37.5. The second-order valence-corrected chi connectivity index (χ2v) is 17.3. The Labute approximate surface area is 348 Å². The van der Waals surface area contributed by atoms with Gasteiger partial charge in [0, 0.05) is 12.8 Å². The molecule has 1 unspecified atom stereocenters. The fourth-order valence-corrected chi connectivity index (χ4v) is 6.27. The molecule has 0 aromatic heterocycles. The van der Waals surface area contributed by atoms with Crippen LogP contribution in [0.15, 0.2) is 60.8 Å². The van der Waals surface area contributed by atoms with Crippen LogP contribution in [0.3, 0.4) is 0 Å². The molecule has 1 N–H and O–H groups in total. The Morgan fingerprint density at radius 3 is 1.75 bits per heavy atom. The highest BCUT2D eigenvalue weighted by Gasteiger charge is 2.21. The SMILES string of the molecule is CCCCCCCC/C=C\CCCCCCCC(=O)OC[C@H](COP(=O)([O-])OCC[N+](C)(C)C)OC(=O)CCC/C=C\C/C=C\C/C=C\C/C=C\[C@H](O)CCCC. The molecular weight excluding hydrogens is 741 g/mol. The number of allylic oxidation sites excluding steroid dienone is 9. The Hall–Kier alpha value is -2.33. The number of phosphoric ester groups is 1. The Kier molecular flexibility index (Phi) is 36.4. The highest BCUT2D eigenvalue weighted by molar-refractivity contribution is 7.45. The van der Waals surface area contributed by atoms with Crippen molar-refractivity contribution in [3.63, 3.8) is 0 Å². The van der Waals surface area contributed by atoms with Gasteiger partial charge in [-0.2, -0.15) is 0 Å². The molecule has 0 fully saturated rings. The van der Waals surface area contributed by atoms with Gasteiger partial charge in [0.1, 0.15) is 19.8 Å². The summed E-state index contributed by atoms with van der Waals surface area (Å²) >= 11 is 0. The average molecular weight is 824 g/mol. The summed E-state index contributed by atoms with van der Waals surface area (Å²) in [6.07, 6.45) is 41.6. The number of aliphatic hydroxyl groups is 1. The third kappa shape index (κ3) is 41.6. The Morgan fingerprint density at radius 2 is 1.14 bits per heavy atom.